The van der Waals surface area contributed by atoms with Gasteiger partial charge in [-0.1, -0.05) is 33.1 Å². The van der Waals surface area contributed by atoms with Gasteiger partial charge in [-0.15, -0.1) is 0 Å². The molecule has 16 heavy (non-hydrogen) atoms. The van der Waals surface area contributed by atoms with E-state index >= 15 is 0 Å². The monoisotopic (exact) mass is 227 g/mol. The van der Waals surface area contributed by atoms with Gasteiger partial charge < -0.3 is 10.1 Å². The second-order valence-corrected chi connectivity index (χ2v) is 5.18. The Kier molecular flexibility index (Phi) is 7.06. The van der Waals surface area contributed by atoms with Crippen molar-refractivity contribution in [2.45, 2.75) is 84.0 Å². The van der Waals surface area contributed by atoms with Gasteiger partial charge in [0.25, 0.3) is 0 Å². The summed E-state index contributed by atoms with van der Waals surface area (Å²) in [6.07, 6.45) is 9.99. The molecule has 0 spiro atoms. The molecule has 96 valence electrons. The van der Waals surface area contributed by atoms with Crippen molar-refractivity contribution in [2.24, 2.45) is 0 Å². The van der Waals surface area contributed by atoms with E-state index in [1.54, 1.807) is 0 Å². The molecular formula is C14H29NO. The van der Waals surface area contributed by atoms with Crippen LogP contribution in [0.4, 0.5) is 0 Å². The number of nitrogens with one attached hydrogen (secondary N) is 1. The predicted molar refractivity (Wildman–Crippen MR) is 69.8 cm³/mol. The topological polar surface area (TPSA) is 21.3 Å². The summed E-state index contributed by atoms with van der Waals surface area (Å²) >= 11 is 0. The van der Waals surface area contributed by atoms with E-state index in [-0.39, 0.29) is 0 Å². The lowest BCUT2D eigenvalue weighted by molar-refractivity contribution is 0.0539. The minimum Gasteiger partial charge on any atom is -0.374 e. The fourth-order valence-corrected chi connectivity index (χ4v) is 2.48. The molecule has 1 aliphatic rings. The fraction of sp³-hybridized carbons (Fsp3) is 1.00. The first-order valence-corrected chi connectivity index (χ1v) is 7.15. The van der Waals surface area contributed by atoms with Crippen molar-refractivity contribution in [1.82, 2.24) is 5.32 Å². The summed E-state index contributed by atoms with van der Waals surface area (Å²) in [6, 6.07) is 0.712. The van der Waals surface area contributed by atoms with Crippen LogP contribution in [0, 0.1) is 0 Å². The Morgan fingerprint density at radius 1 is 1.19 bits per heavy atom. The maximum Gasteiger partial charge on any atom is 0.0704 e. The van der Waals surface area contributed by atoms with E-state index < -0.39 is 0 Å². The molecule has 1 aliphatic heterocycles. The summed E-state index contributed by atoms with van der Waals surface area (Å²) in [5, 5.41) is 3.69. The maximum absolute atomic E-state index is 5.83. The van der Waals surface area contributed by atoms with Crippen LogP contribution in [0.3, 0.4) is 0 Å². The Balaban J connectivity index is 2.15. The highest BCUT2D eigenvalue weighted by Crippen LogP contribution is 2.18. The van der Waals surface area contributed by atoms with E-state index in [1.165, 1.54) is 44.9 Å². The first-order valence-electron chi connectivity index (χ1n) is 7.15. The van der Waals surface area contributed by atoms with Gasteiger partial charge >= 0.3 is 0 Å². The van der Waals surface area contributed by atoms with Crippen LogP contribution in [-0.2, 0) is 4.74 Å². The van der Waals surface area contributed by atoms with E-state index in [9.17, 15) is 0 Å². The molecule has 0 aromatic heterocycles. The second-order valence-electron chi connectivity index (χ2n) is 5.18. The normalized spacial score (nSPS) is 27.2. The van der Waals surface area contributed by atoms with Crippen LogP contribution in [0.15, 0.2) is 0 Å². The van der Waals surface area contributed by atoms with Crippen LogP contribution in [-0.4, -0.2) is 24.8 Å². The Morgan fingerprint density at radius 3 is 2.56 bits per heavy atom. The molecule has 1 saturated heterocycles. The third kappa shape index (κ3) is 5.31. The summed E-state index contributed by atoms with van der Waals surface area (Å²) in [7, 11) is 0. The summed E-state index contributed by atoms with van der Waals surface area (Å²) in [6.45, 7) is 7.78. The highest BCUT2D eigenvalue weighted by molar-refractivity contribution is 4.75. The molecule has 1 heterocycles. The minimum absolute atomic E-state index is 0.469. The summed E-state index contributed by atoms with van der Waals surface area (Å²) in [5.41, 5.74) is 0. The molecule has 0 aromatic carbocycles. The highest BCUT2D eigenvalue weighted by atomic mass is 16.5. The van der Waals surface area contributed by atoms with Gasteiger partial charge in [-0.25, -0.2) is 0 Å². The van der Waals surface area contributed by atoms with Gasteiger partial charge in [-0.2, -0.15) is 0 Å². The zero-order chi connectivity index (χ0) is 11.8. The lowest BCUT2D eigenvalue weighted by Gasteiger charge is -2.20. The van der Waals surface area contributed by atoms with Crippen LogP contribution < -0.4 is 5.32 Å². The molecule has 0 radical (unpaired) electrons. The van der Waals surface area contributed by atoms with Gasteiger partial charge in [0, 0.05) is 12.6 Å². The van der Waals surface area contributed by atoms with Gasteiger partial charge in [0.2, 0.25) is 0 Å². The van der Waals surface area contributed by atoms with E-state index in [0.29, 0.717) is 18.2 Å². The van der Waals surface area contributed by atoms with Crippen molar-refractivity contribution in [3.8, 4) is 0 Å². The molecule has 0 aromatic rings. The van der Waals surface area contributed by atoms with E-state index in [4.69, 9.17) is 4.74 Å². The first-order chi connectivity index (χ1) is 7.76. The Bertz CT molecular complexity index is 172. The third-order valence-electron chi connectivity index (χ3n) is 3.50. The van der Waals surface area contributed by atoms with Gasteiger partial charge in [-0.3, -0.25) is 0 Å². The van der Waals surface area contributed by atoms with Crippen molar-refractivity contribution in [3.05, 3.63) is 0 Å². The first kappa shape index (κ1) is 14.0. The standard InChI is InChI=1S/C14H29NO/c1-4-6-8-13(7-5-2)15-11-14-10-9-12(3)16-14/h12-15H,4-11H2,1-3H3. The molecule has 1 fully saturated rings. The molecule has 3 unspecified atom stereocenters. The van der Waals surface area contributed by atoms with Crippen LogP contribution in [0.2, 0.25) is 0 Å². The van der Waals surface area contributed by atoms with Crippen LogP contribution in [0.5, 0.6) is 0 Å². The van der Waals surface area contributed by atoms with Crippen molar-refractivity contribution in [2.75, 3.05) is 6.54 Å². The van der Waals surface area contributed by atoms with Crippen molar-refractivity contribution < 1.29 is 4.74 Å². The Labute approximate surface area is 101 Å². The molecule has 1 N–H and O–H groups in total. The molecule has 3 atom stereocenters. The highest BCUT2D eigenvalue weighted by Gasteiger charge is 2.22. The number of hydrogen-bond donors (Lipinski definition) is 1. The van der Waals surface area contributed by atoms with E-state index in [1.807, 2.05) is 0 Å². The SMILES string of the molecule is CCCCC(CCC)NCC1CCC(C)O1. The Hall–Kier alpha value is -0.0800. The molecule has 0 aliphatic carbocycles. The number of unbranched alkanes of at least 4 members (excludes halogenated alkanes) is 1. The van der Waals surface area contributed by atoms with E-state index in [2.05, 4.69) is 26.1 Å². The molecule has 0 bridgehead atoms. The lowest BCUT2D eigenvalue weighted by Crippen LogP contribution is -2.35. The quantitative estimate of drug-likeness (QED) is 0.685. The molecule has 0 amide bonds. The smallest absolute Gasteiger partial charge is 0.0704 e. The molecule has 0 saturated carbocycles. The zero-order valence-corrected chi connectivity index (χ0v) is 11.3. The number of rotatable bonds is 8. The zero-order valence-electron chi connectivity index (χ0n) is 11.3. The summed E-state index contributed by atoms with van der Waals surface area (Å²) in [4.78, 5) is 0. The minimum atomic E-state index is 0.469. The van der Waals surface area contributed by atoms with Crippen LogP contribution in [0.25, 0.3) is 0 Å². The van der Waals surface area contributed by atoms with Crippen molar-refractivity contribution in [1.29, 1.82) is 0 Å². The van der Waals surface area contributed by atoms with Gasteiger partial charge in [0.05, 0.1) is 12.2 Å². The largest absolute Gasteiger partial charge is 0.374 e. The number of ether oxygens (including phenoxy) is 1. The number of hydrogen-bond acceptors (Lipinski definition) is 2. The van der Waals surface area contributed by atoms with Crippen molar-refractivity contribution in [3.63, 3.8) is 0 Å². The van der Waals surface area contributed by atoms with Crippen LogP contribution >= 0.6 is 0 Å². The molecule has 2 nitrogen and oxygen atoms in total. The maximum atomic E-state index is 5.83. The summed E-state index contributed by atoms with van der Waals surface area (Å²) in [5.74, 6) is 0. The molecule has 1 rings (SSSR count). The fourth-order valence-electron chi connectivity index (χ4n) is 2.48. The van der Waals surface area contributed by atoms with Gasteiger partial charge in [0.15, 0.2) is 0 Å². The lowest BCUT2D eigenvalue weighted by atomic mass is 10.0. The second kappa shape index (κ2) is 8.08. The van der Waals surface area contributed by atoms with E-state index in [0.717, 1.165) is 6.54 Å². The summed E-state index contributed by atoms with van der Waals surface area (Å²) < 4.78 is 5.83. The average Bonchev–Trinajstić information content (AvgIpc) is 2.68. The van der Waals surface area contributed by atoms with Gasteiger partial charge in [0.1, 0.15) is 0 Å². The third-order valence-corrected chi connectivity index (χ3v) is 3.50. The predicted octanol–water partition coefficient (Wildman–Crippen LogP) is 3.50. The molecule has 2 heteroatoms. The van der Waals surface area contributed by atoms with Crippen molar-refractivity contribution >= 4 is 0 Å². The Morgan fingerprint density at radius 2 is 2.00 bits per heavy atom. The van der Waals surface area contributed by atoms with Gasteiger partial charge in [-0.05, 0) is 32.6 Å². The average molecular weight is 227 g/mol. The molecular weight excluding hydrogens is 198 g/mol. The van der Waals surface area contributed by atoms with Crippen LogP contribution in [0.1, 0.15) is 65.7 Å².